The molecule has 0 spiro atoms. The summed E-state index contributed by atoms with van der Waals surface area (Å²) in [6, 6.07) is 14.4. The monoisotopic (exact) mass is 388 g/mol. The van der Waals surface area contributed by atoms with Gasteiger partial charge < -0.3 is 4.90 Å². The van der Waals surface area contributed by atoms with Crippen LogP contribution in [0.4, 0.5) is 0 Å². The van der Waals surface area contributed by atoms with Gasteiger partial charge in [-0.25, -0.2) is 8.42 Å². The second-order valence-corrected chi connectivity index (χ2v) is 10.3. The Morgan fingerprint density at radius 3 is 2.46 bits per heavy atom. The van der Waals surface area contributed by atoms with Gasteiger partial charge in [0.25, 0.3) is 0 Å². The summed E-state index contributed by atoms with van der Waals surface area (Å²) in [6.45, 7) is 4.12. The molecule has 0 aromatic heterocycles. The molecule has 1 saturated heterocycles. The lowest BCUT2D eigenvalue weighted by atomic mass is 9.96. The van der Waals surface area contributed by atoms with E-state index in [1.165, 1.54) is 21.6 Å². The van der Waals surface area contributed by atoms with Crippen molar-refractivity contribution in [3.05, 3.63) is 53.6 Å². The third-order valence-electron chi connectivity index (χ3n) is 5.35. The van der Waals surface area contributed by atoms with Gasteiger partial charge in [0.05, 0.1) is 4.90 Å². The van der Waals surface area contributed by atoms with E-state index in [1.54, 1.807) is 17.8 Å². The Hall–Kier alpha value is -1.34. The van der Waals surface area contributed by atoms with Gasteiger partial charge >= 0.3 is 0 Å². The van der Waals surface area contributed by atoms with Crippen LogP contribution in [0.1, 0.15) is 17.2 Å². The van der Waals surface area contributed by atoms with Gasteiger partial charge in [-0.05, 0) is 48.9 Å². The second-order valence-electron chi connectivity index (χ2n) is 7.24. The van der Waals surface area contributed by atoms with Crippen LogP contribution in [0.15, 0.2) is 57.2 Å². The molecule has 0 amide bonds. The Labute approximate surface area is 160 Å². The molecule has 2 aliphatic heterocycles. The summed E-state index contributed by atoms with van der Waals surface area (Å²) in [7, 11) is -1.06. The van der Waals surface area contributed by atoms with E-state index in [0.717, 1.165) is 38.2 Å². The molecule has 138 valence electrons. The van der Waals surface area contributed by atoms with Gasteiger partial charge in [0.15, 0.2) is 9.84 Å². The summed E-state index contributed by atoms with van der Waals surface area (Å²) in [4.78, 5) is 7.74. The number of rotatable bonds is 2. The van der Waals surface area contributed by atoms with Gasteiger partial charge in [-0.1, -0.05) is 30.0 Å². The van der Waals surface area contributed by atoms with Crippen LogP contribution in [-0.4, -0.2) is 57.7 Å². The summed E-state index contributed by atoms with van der Waals surface area (Å²) in [5.41, 5.74) is 2.50. The summed E-state index contributed by atoms with van der Waals surface area (Å²) in [5.74, 6) is 0. The fourth-order valence-electron chi connectivity index (χ4n) is 3.78. The molecule has 4 rings (SSSR count). The molecule has 2 aliphatic rings. The van der Waals surface area contributed by atoms with E-state index in [1.807, 2.05) is 12.1 Å². The quantitative estimate of drug-likeness (QED) is 0.791. The van der Waals surface area contributed by atoms with Crippen molar-refractivity contribution in [1.82, 2.24) is 9.80 Å². The average Bonchev–Trinajstić information content (AvgIpc) is 2.77. The number of piperazine rings is 1. The van der Waals surface area contributed by atoms with E-state index in [2.05, 4.69) is 41.1 Å². The lowest BCUT2D eigenvalue weighted by molar-refractivity contribution is 0.109. The molecule has 0 N–H and O–H groups in total. The largest absolute Gasteiger partial charge is 0.304 e. The van der Waals surface area contributed by atoms with Crippen molar-refractivity contribution in [3.63, 3.8) is 0 Å². The van der Waals surface area contributed by atoms with Crippen LogP contribution in [0.2, 0.25) is 0 Å². The van der Waals surface area contributed by atoms with E-state index in [0.29, 0.717) is 4.90 Å². The summed E-state index contributed by atoms with van der Waals surface area (Å²) in [6.07, 6.45) is 2.21. The zero-order chi connectivity index (χ0) is 18.3. The van der Waals surface area contributed by atoms with Crippen molar-refractivity contribution in [2.24, 2.45) is 0 Å². The highest BCUT2D eigenvalue weighted by atomic mass is 32.2. The predicted molar refractivity (Wildman–Crippen MR) is 106 cm³/mol. The molecule has 1 fully saturated rings. The van der Waals surface area contributed by atoms with Crippen molar-refractivity contribution >= 4 is 21.6 Å². The predicted octanol–water partition coefficient (Wildman–Crippen LogP) is 3.09. The van der Waals surface area contributed by atoms with Crippen molar-refractivity contribution in [3.8, 4) is 0 Å². The minimum atomic E-state index is -3.21. The molecular weight excluding hydrogens is 364 g/mol. The Balaban J connectivity index is 1.81. The summed E-state index contributed by atoms with van der Waals surface area (Å²) in [5, 5.41) is 0. The number of hydrogen-bond donors (Lipinski definition) is 0. The molecule has 0 bridgehead atoms. The first-order valence-electron chi connectivity index (χ1n) is 8.94. The van der Waals surface area contributed by atoms with Crippen LogP contribution in [0, 0.1) is 0 Å². The summed E-state index contributed by atoms with van der Waals surface area (Å²) < 4.78 is 24.2. The Morgan fingerprint density at radius 2 is 1.73 bits per heavy atom. The van der Waals surface area contributed by atoms with Crippen LogP contribution in [0.3, 0.4) is 0 Å². The van der Waals surface area contributed by atoms with Crippen molar-refractivity contribution in [2.75, 3.05) is 39.5 Å². The molecular formula is C20H24N2O2S2. The molecule has 26 heavy (non-hydrogen) atoms. The Morgan fingerprint density at radius 1 is 1.00 bits per heavy atom. The molecule has 4 nitrogen and oxygen atoms in total. The first-order chi connectivity index (χ1) is 12.4. The van der Waals surface area contributed by atoms with E-state index < -0.39 is 9.84 Å². The maximum absolute atomic E-state index is 12.1. The number of nitrogens with zero attached hydrogens (tertiary/aromatic N) is 2. The number of hydrogen-bond acceptors (Lipinski definition) is 5. The highest BCUT2D eigenvalue weighted by Gasteiger charge is 2.30. The third-order valence-corrected chi connectivity index (χ3v) is 7.67. The molecule has 2 aromatic carbocycles. The molecule has 1 unspecified atom stereocenters. The van der Waals surface area contributed by atoms with Crippen molar-refractivity contribution in [2.45, 2.75) is 27.1 Å². The van der Waals surface area contributed by atoms with E-state index in [-0.39, 0.29) is 6.04 Å². The topological polar surface area (TPSA) is 40.6 Å². The number of likely N-dealkylation sites (N-methyl/N-ethyl adjacent to an activating group) is 1. The van der Waals surface area contributed by atoms with Gasteiger partial charge in [-0.3, -0.25) is 4.90 Å². The zero-order valence-electron chi connectivity index (χ0n) is 15.2. The van der Waals surface area contributed by atoms with Gasteiger partial charge in [0.2, 0.25) is 0 Å². The van der Waals surface area contributed by atoms with Crippen molar-refractivity contribution in [1.29, 1.82) is 0 Å². The fraction of sp³-hybridized carbons (Fsp3) is 0.400. The first-order valence-corrected chi connectivity index (χ1v) is 11.6. The molecule has 6 heteroatoms. The molecule has 1 atom stereocenters. The maximum Gasteiger partial charge on any atom is 0.175 e. The molecule has 2 heterocycles. The zero-order valence-corrected chi connectivity index (χ0v) is 16.8. The smallest absolute Gasteiger partial charge is 0.175 e. The average molecular weight is 389 g/mol. The highest BCUT2D eigenvalue weighted by molar-refractivity contribution is 7.99. The minimum Gasteiger partial charge on any atom is -0.304 e. The molecule has 0 aliphatic carbocycles. The second kappa shape index (κ2) is 7.00. The molecule has 2 aromatic rings. The van der Waals surface area contributed by atoms with Gasteiger partial charge in [-0.2, -0.15) is 0 Å². The summed E-state index contributed by atoms with van der Waals surface area (Å²) >= 11 is 1.76. The van der Waals surface area contributed by atoms with Crippen LogP contribution in [0.25, 0.3) is 0 Å². The Bertz CT molecular complexity index is 919. The Kier molecular flexibility index (Phi) is 4.86. The van der Waals surface area contributed by atoms with Crippen LogP contribution >= 0.6 is 11.8 Å². The number of sulfone groups is 1. The highest BCUT2D eigenvalue weighted by Crippen LogP contribution is 2.43. The maximum atomic E-state index is 12.1. The van der Waals surface area contributed by atoms with Crippen LogP contribution in [-0.2, 0) is 16.3 Å². The fourth-order valence-corrected chi connectivity index (χ4v) is 5.55. The van der Waals surface area contributed by atoms with Crippen LogP contribution < -0.4 is 0 Å². The van der Waals surface area contributed by atoms with Gasteiger partial charge in [0, 0.05) is 48.3 Å². The SMILES string of the molecule is CN1CCN(C2Cc3ccccc3Sc3ccc(S(C)(=O)=O)cc32)CC1. The van der Waals surface area contributed by atoms with Crippen LogP contribution in [0.5, 0.6) is 0 Å². The third kappa shape index (κ3) is 3.56. The normalized spacial score (nSPS) is 21.7. The van der Waals surface area contributed by atoms with E-state index in [4.69, 9.17) is 0 Å². The number of benzene rings is 2. The minimum absolute atomic E-state index is 0.219. The van der Waals surface area contributed by atoms with Gasteiger partial charge in [-0.15, -0.1) is 0 Å². The lowest BCUT2D eigenvalue weighted by Crippen LogP contribution is -2.46. The lowest BCUT2D eigenvalue weighted by Gasteiger charge is -2.38. The standard InChI is InChI=1S/C20H24N2O2S2/c1-21-9-11-22(12-10-21)18-13-15-5-3-4-6-19(15)25-20-8-7-16(14-17(18)20)26(2,23)24/h3-8,14,18H,9-13H2,1-2H3. The van der Waals surface area contributed by atoms with E-state index in [9.17, 15) is 8.42 Å². The van der Waals surface area contributed by atoms with Gasteiger partial charge in [0.1, 0.15) is 0 Å². The molecule has 0 radical (unpaired) electrons. The van der Waals surface area contributed by atoms with Crippen molar-refractivity contribution < 1.29 is 8.42 Å². The van der Waals surface area contributed by atoms with E-state index >= 15 is 0 Å². The first kappa shape index (κ1) is 18.0. The number of fused-ring (bicyclic) bond motifs is 2. The molecule has 0 saturated carbocycles.